The second kappa shape index (κ2) is 12.7. The molecule has 0 fully saturated rings. The largest absolute Gasteiger partial charge is 0.494 e. The van der Waals surface area contributed by atoms with E-state index in [2.05, 4.69) is 83.3 Å². The van der Waals surface area contributed by atoms with Gasteiger partial charge in [0.25, 0.3) is 0 Å². The Hall–Kier alpha value is -3.77. The fourth-order valence-electron chi connectivity index (χ4n) is 4.95. The molecule has 0 radical (unpaired) electrons. The van der Waals surface area contributed by atoms with Gasteiger partial charge in [0.15, 0.2) is 11.5 Å². The van der Waals surface area contributed by atoms with E-state index < -0.39 is 0 Å². The summed E-state index contributed by atoms with van der Waals surface area (Å²) in [7, 11) is 0. The fraction of sp³-hybridized carbons (Fsp3) is 0.344. The summed E-state index contributed by atoms with van der Waals surface area (Å²) in [5, 5.41) is 0. The van der Waals surface area contributed by atoms with E-state index in [0.29, 0.717) is 6.61 Å². The van der Waals surface area contributed by atoms with E-state index >= 15 is 0 Å². The molecule has 1 aliphatic rings. The van der Waals surface area contributed by atoms with Crippen molar-refractivity contribution in [1.82, 2.24) is 14.5 Å². The molecule has 3 aromatic carbocycles. The summed E-state index contributed by atoms with van der Waals surface area (Å²) < 4.78 is 19.5. The summed E-state index contributed by atoms with van der Waals surface area (Å²) in [6.07, 6.45) is 5.21. The topological polar surface area (TPSA) is 48.8 Å². The lowest BCUT2D eigenvalue weighted by Crippen LogP contribution is -2.27. The van der Waals surface area contributed by atoms with E-state index in [1.807, 2.05) is 19.1 Å². The second-order valence-electron chi connectivity index (χ2n) is 9.63. The molecule has 0 bridgehead atoms. The molecule has 0 amide bonds. The van der Waals surface area contributed by atoms with Crippen molar-refractivity contribution < 1.29 is 14.2 Å². The van der Waals surface area contributed by atoms with Crippen molar-refractivity contribution in [3.63, 3.8) is 0 Å². The fourth-order valence-corrected chi connectivity index (χ4v) is 4.95. The maximum atomic E-state index is 5.91. The molecule has 0 unspecified atom stereocenters. The summed E-state index contributed by atoms with van der Waals surface area (Å²) >= 11 is 0. The lowest BCUT2D eigenvalue weighted by Gasteiger charge is -2.24. The van der Waals surface area contributed by atoms with Crippen molar-refractivity contribution in [3.05, 3.63) is 95.8 Å². The first-order chi connectivity index (χ1) is 18.7. The van der Waals surface area contributed by atoms with Crippen molar-refractivity contribution >= 4 is 0 Å². The van der Waals surface area contributed by atoms with Crippen LogP contribution < -0.4 is 14.2 Å². The van der Waals surface area contributed by atoms with E-state index in [1.54, 1.807) is 0 Å². The van der Waals surface area contributed by atoms with Crippen LogP contribution in [-0.4, -0.2) is 34.4 Å². The zero-order valence-electron chi connectivity index (χ0n) is 22.4. The van der Waals surface area contributed by atoms with Crippen LogP contribution in [0.25, 0.3) is 11.4 Å². The molecule has 38 heavy (non-hydrogen) atoms. The number of ether oxygens (including phenoxy) is 3. The quantitative estimate of drug-likeness (QED) is 0.199. The number of para-hydroxylation sites is 1. The summed E-state index contributed by atoms with van der Waals surface area (Å²) in [4.78, 5) is 7.38. The number of unbranched alkanes of at least 4 members (excludes halogenated alkanes) is 1. The number of fused-ring (bicyclic) bond motifs is 1. The van der Waals surface area contributed by atoms with E-state index in [1.165, 1.54) is 16.8 Å². The summed E-state index contributed by atoms with van der Waals surface area (Å²) in [6.45, 7) is 8.67. The SMILES string of the molecule is CCCCn1c(CN(CCc2ccccc2OCC)Cc2ccc3c(c2)OCO3)cnc1-c1ccccc1. The number of rotatable bonds is 13. The van der Waals surface area contributed by atoms with Gasteiger partial charge in [-0.3, -0.25) is 4.90 Å². The van der Waals surface area contributed by atoms with Crippen molar-refractivity contribution in [2.24, 2.45) is 0 Å². The third-order valence-corrected chi connectivity index (χ3v) is 6.90. The van der Waals surface area contributed by atoms with E-state index in [4.69, 9.17) is 19.2 Å². The molecule has 198 valence electrons. The van der Waals surface area contributed by atoms with Crippen LogP contribution in [0.5, 0.6) is 17.2 Å². The van der Waals surface area contributed by atoms with Crippen molar-refractivity contribution in [1.29, 1.82) is 0 Å². The van der Waals surface area contributed by atoms with Crippen molar-refractivity contribution in [2.75, 3.05) is 19.9 Å². The van der Waals surface area contributed by atoms with Gasteiger partial charge in [0.2, 0.25) is 6.79 Å². The highest BCUT2D eigenvalue weighted by Gasteiger charge is 2.18. The minimum absolute atomic E-state index is 0.287. The second-order valence-corrected chi connectivity index (χ2v) is 9.63. The summed E-state index contributed by atoms with van der Waals surface area (Å²) in [6, 6.07) is 25.1. The number of nitrogens with zero attached hydrogens (tertiary/aromatic N) is 3. The van der Waals surface area contributed by atoms with Gasteiger partial charge in [-0.1, -0.05) is 67.9 Å². The normalized spacial score (nSPS) is 12.3. The minimum Gasteiger partial charge on any atom is -0.494 e. The first kappa shape index (κ1) is 25.9. The van der Waals surface area contributed by atoms with Crippen LogP contribution >= 0.6 is 0 Å². The first-order valence-corrected chi connectivity index (χ1v) is 13.7. The van der Waals surface area contributed by atoms with Crippen molar-refractivity contribution in [2.45, 2.75) is 52.7 Å². The molecule has 6 heteroatoms. The third kappa shape index (κ3) is 6.20. The van der Waals surface area contributed by atoms with Gasteiger partial charge in [0, 0.05) is 31.7 Å². The van der Waals surface area contributed by atoms with E-state index in [-0.39, 0.29) is 6.79 Å². The van der Waals surface area contributed by atoms with E-state index in [9.17, 15) is 0 Å². The predicted molar refractivity (Wildman–Crippen MR) is 151 cm³/mol. The lowest BCUT2D eigenvalue weighted by molar-refractivity contribution is 0.174. The highest BCUT2D eigenvalue weighted by Crippen LogP contribution is 2.33. The van der Waals surface area contributed by atoms with Gasteiger partial charge in [-0.25, -0.2) is 4.98 Å². The molecule has 6 nitrogen and oxygen atoms in total. The van der Waals surface area contributed by atoms with Gasteiger partial charge in [0.05, 0.1) is 18.5 Å². The smallest absolute Gasteiger partial charge is 0.231 e. The van der Waals surface area contributed by atoms with Crippen LogP contribution in [0.15, 0.2) is 79.0 Å². The molecule has 4 aromatic rings. The zero-order valence-corrected chi connectivity index (χ0v) is 22.4. The molecular weight excluding hydrogens is 474 g/mol. The molecule has 2 heterocycles. The Morgan fingerprint density at radius 3 is 2.58 bits per heavy atom. The Balaban J connectivity index is 1.41. The Morgan fingerprint density at radius 1 is 0.921 bits per heavy atom. The number of aromatic nitrogens is 2. The molecule has 0 N–H and O–H groups in total. The molecule has 0 aliphatic carbocycles. The number of imidazole rings is 1. The Morgan fingerprint density at radius 2 is 1.74 bits per heavy atom. The van der Waals surface area contributed by atoms with Crippen LogP contribution in [0.4, 0.5) is 0 Å². The number of benzene rings is 3. The van der Waals surface area contributed by atoms with Gasteiger partial charge in [0.1, 0.15) is 11.6 Å². The van der Waals surface area contributed by atoms with Gasteiger partial charge in [-0.05, 0) is 49.1 Å². The van der Waals surface area contributed by atoms with Gasteiger partial charge in [-0.2, -0.15) is 0 Å². The number of hydrogen-bond acceptors (Lipinski definition) is 5. The Bertz CT molecular complexity index is 1320. The standard InChI is InChI=1S/C32H37N3O3/c1-3-5-18-35-28(21-33-32(35)27-12-7-6-8-13-27)23-34(19-17-26-11-9-10-14-29(26)36-4-2)22-25-15-16-30-31(20-25)38-24-37-30/h6-16,20-21H,3-5,17-19,22-24H2,1-2H3. The summed E-state index contributed by atoms with van der Waals surface area (Å²) in [5.41, 5.74) is 4.82. The van der Waals surface area contributed by atoms with Crippen LogP contribution in [0.3, 0.4) is 0 Å². The molecular formula is C32H37N3O3. The molecule has 0 saturated heterocycles. The maximum Gasteiger partial charge on any atom is 0.231 e. The maximum absolute atomic E-state index is 5.91. The highest BCUT2D eigenvalue weighted by atomic mass is 16.7. The predicted octanol–water partition coefficient (Wildman–Crippen LogP) is 6.72. The first-order valence-electron chi connectivity index (χ1n) is 13.7. The molecule has 0 saturated carbocycles. The Labute approximate surface area is 225 Å². The average Bonchev–Trinajstić information content (AvgIpc) is 3.58. The summed E-state index contributed by atoms with van der Waals surface area (Å²) in [5.74, 6) is 3.65. The Kier molecular flexibility index (Phi) is 8.61. The van der Waals surface area contributed by atoms with Crippen LogP contribution in [0, 0.1) is 0 Å². The zero-order chi connectivity index (χ0) is 26.2. The highest BCUT2D eigenvalue weighted by molar-refractivity contribution is 5.56. The molecule has 0 atom stereocenters. The van der Waals surface area contributed by atoms with Crippen molar-refractivity contribution in [3.8, 4) is 28.6 Å². The monoisotopic (exact) mass is 511 g/mol. The van der Waals surface area contributed by atoms with Crippen LogP contribution in [-0.2, 0) is 26.1 Å². The average molecular weight is 512 g/mol. The molecule has 1 aromatic heterocycles. The molecule has 0 spiro atoms. The number of hydrogen-bond donors (Lipinski definition) is 0. The molecule has 5 rings (SSSR count). The molecule has 1 aliphatic heterocycles. The van der Waals surface area contributed by atoms with Crippen LogP contribution in [0.1, 0.15) is 43.5 Å². The van der Waals surface area contributed by atoms with Gasteiger partial charge >= 0.3 is 0 Å². The van der Waals surface area contributed by atoms with Gasteiger partial charge in [-0.15, -0.1) is 0 Å². The lowest BCUT2D eigenvalue weighted by atomic mass is 10.1. The van der Waals surface area contributed by atoms with E-state index in [0.717, 1.165) is 74.1 Å². The minimum atomic E-state index is 0.287. The van der Waals surface area contributed by atoms with Crippen LogP contribution in [0.2, 0.25) is 0 Å². The third-order valence-electron chi connectivity index (χ3n) is 6.90. The van der Waals surface area contributed by atoms with Gasteiger partial charge < -0.3 is 18.8 Å².